The molecule has 0 amide bonds. The minimum absolute atomic E-state index is 0.0665. The van der Waals surface area contributed by atoms with Gasteiger partial charge in [0.1, 0.15) is 5.82 Å². The zero-order chi connectivity index (χ0) is 13.2. The van der Waals surface area contributed by atoms with Gasteiger partial charge in [0.25, 0.3) is 0 Å². The third-order valence-corrected chi connectivity index (χ3v) is 4.72. The van der Waals surface area contributed by atoms with Crippen LogP contribution in [0.5, 0.6) is 0 Å². The summed E-state index contributed by atoms with van der Waals surface area (Å²) in [6.45, 7) is 1.95. The molecule has 0 spiro atoms. The van der Waals surface area contributed by atoms with E-state index in [2.05, 4.69) is 0 Å². The van der Waals surface area contributed by atoms with Crippen molar-refractivity contribution in [1.82, 2.24) is 4.90 Å². The second kappa shape index (κ2) is 5.34. The van der Waals surface area contributed by atoms with Crippen LogP contribution in [0.15, 0.2) is 29.2 Å². The molecule has 2 rings (SSSR count). The first-order valence-electron chi connectivity index (χ1n) is 5.76. The van der Waals surface area contributed by atoms with Gasteiger partial charge in [-0.25, -0.2) is 12.8 Å². The van der Waals surface area contributed by atoms with Crippen molar-refractivity contribution < 1.29 is 17.5 Å². The van der Waals surface area contributed by atoms with Gasteiger partial charge in [0.2, 0.25) is 0 Å². The summed E-state index contributed by atoms with van der Waals surface area (Å²) in [5.74, 6) is -0.509. The molecule has 0 aliphatic carbocycles. The molecule has 1 atom stereocenters. The van der Waals surface area contributed by atoms with Crippen molar-refractivity contribution in [2.45, 2.75) is 11.0 Å². The maximum atomic E-state index is 12.8. The lowest BCUT2D eigenvalue weighted by molar-refractivity contribution is -0.00680. The van der Waals surface area contributed by atoms with Crippen molar-refractivity contribution in [3.05, 3.63) is 30.1 Å². The van der Waals surface area contributed by atoms with Crippen LogP contribution in [0, 0.1) is 5.82 Å². The van der Waals surface area contributed by atoms with Crippen LogP contribution in [0.3, 0.4) is 0 Å². The first-order valence-corrected chi connectivity index (χ1v) is 7.41. The molecule has 1 aliphatic heterocycles. The Morgan fingerprint density at radius 3 is 2.67 bits per heavy atom. The van der Waals surface area contributed by atoms with E-state index in [1.807, 2.05) is 11.9 Å². The molecule has 4 nitrogen and oxygen atoms in total. The van der Waals surface area contributed by atoms with E-state index in [4.69, 9.17) is 4.74 Å². The Morgan fingerprint density at radius 1 is 1.39 bits per heavy atom. The van der Waals surface area contributed by atoms with Gasteiger partial charge in [-0.1, -0.05) is 0 Å². The van der Waals surface area contributed by atoms with E-state index >= 15 is 0 Å². The molecule has 100 valence electrons. The van der Waals surface area contributed by atoms with E-state index in [0.717, 1.165) is 18.7 Å². The van der Waals surface area contributed by atoms with E-state index in [1.165, 1.54) is 12.1 Å². The molecular formula is C12H16FNO3S. The Hall–Kier alpha value is -0.980. The predicted molar refractivity (Wildman–Crippen MR) is 65.7 cm³/mol. The lowest BCUT2D eigenvalue weighted by atomic mass is 10.3. The predicted octanol–water partition coefficient (Wildman–Crippen LogP) is 0.930. The average Bonchev–Trinajstić information content (AvgIpc) is 2.29. The number of halogens is 1. The van der Waals surface area contributed by atoms with E-state index in [-0.39, 0.29) is 16.8 Å². The monoisotopic (exact) mass is 273 g/mol. The molecule has 18 heavy (non-hydrogen) atoms. The Morgan fingerprint density at radius 2 is 2.06 bits per heavy atom. The summed E-state index contributed by atoms with van der Waals surface area (Å²) in [6.07, 6.45) is -0.321. The molecule has 1 fully saturated rings. The van der Waals surface area contributed by atoms with E-state index in [0.29, 0.717) is 13.2 Å². The van der Waals surface area contributed by atoms with Gasteiger partial charge in [0.05, 0.1) is 23.4 Å². The molecule has 1 aliphatic rings. The standard InChI is InChI=1S/C12H16FNO3S/c1-14-6-7-17-11(8-14)9-18(15,16)12-4-2-10(13)3-5-12/h2-5,11H,6-9H2,1H3. The number of rotatable bonds is 3. The first kappa shape index (κ1) is 13.5. The lowest BCUT2D eigenvalue weighted by Crippen LogP contribution is -2.43. The van der Waals surface area contributed by atoms with Gasteiger partial charge < -0.3 is 9.64 Å². The summed E-state index contributed by atoms with van der Waals surface area (Å²) in [5, 5.41) is 0. The van der Waals surface area contributed by atoms with Gasteiger partial charge in [-0.15, -0.1) is 0 Å². The highest BCUT2D eigenvalue weighted by Gasteiger charge is 2.25. The molecule has 0 N–H and O–H groups in total. The van der Waals surface area contributed by atoms with Crippen LogP contribution in [-0.2, 0) is 14.6 Å². The molecule has 1 aromatic carbocycles. The van der Waals surface area contributed by atoms with Gasteiger partial charge in [0, 0.05) is 13.1 Å². The molecule has 1 unspecified atom stereocenters. The maximum Gasteiger partial charge on any atom is 0.180 e. The molecule has 1 saturated heterocycles. The molecule has 1 heterocycles. The number of hydrogen-bond donors (Lipinski definition) is 0. The third-order valence-electron chi connectivity index (χ3n) is 2.92. The summed E-state index contributed by atoms with van der Waals surface area (Å²) in [4.78, 5) is 2.18. The number of ether oxygens (including phenoxy) is 1. The van der Waals surface area contributed by atoms with Gasteiger partial charge in [-0.2, -0.15) is 0 Å². The fourth-order valence-electron chi connectivity index (χ4n) is 1.95. The topological polar surface area (TPSA) is 46.6 Å². The summed E-state index contributed by atoms with van der Waals surface area (Å²) in [7, 11) is -1.49. The highest BCUT2D eigenvalue weighted by molar-refractivity contribution is 7.91. The van der Waals surface area contributed by atoms with E-state index in [9.17, 15) is 12.8 Å². The van der Waals surface area contributed by atoms with Crippen LogP contribution in [0.1, 0.15) is 0 Å². The van der Waals surface area contributed by atoms with Crippen LogP contribution >= 0.6 is 0 Å². The van der Waals surface area contributed by atoms with Crippen molar-refractivity contribution in [2.75, 3.05) is 32.5 Å². The number of hydrogen-bond acceptors (Lipinski definition) is 4. The van der Waals surface area contributed by atoms with Gasteiger partial charge in [-0.05, 0) is 31.3 Å². The number of likely N-dealkylation sites (N-methyl/N-ethyl adjacent to an activating group) is 1. The fraction of sp³-hybridized carbons (Fsp3) is 0.500. The Bertz CT molecular complexity index is 501. The average molecular weight is 273 g/mol. The van der Waals surface area contributed by atoms with Crippen LogP contribution in [0.25, 0.3) is 0 Å². The maximum absolute atomic E-state index is 12.8. The molecule has 0 aromatic heterocycles. The zero-order valence-electron chi connectivity index (χ0n) is 10.2. The van der Waals surface area contributed by atoms with Crippen molar-refractivity contribution >= 4 is 9.84 Å². The lowest BCUT2D eigenvalue weighted by Gasteiger charge is -2.29. The number of benzene rings is 1. The van der Waals surface area contributed by atoms with E-state index in [1.54, 1.807) is 0 Å². The second-order valence-electron chi connectivity index (χ2n) is 4.49. The summed E-state index contributed by atoms with van der Waals surface area (Å²) >= 11 is 0. The second-order valence-corrected chi connectivity index (χ2v) is 6.52. The Balaban J connectivity index is 2.09. The number of sulfone groups is 1. The largest absolute Gasteiger partial charge is 0.374 e. The van der Waals surface area contributed by atoms with Crippen molar-refractivity contribution in [3.63, 3.8) is 0 Å². The van der Waals surface area contributed by atoms with Crippen LogP contribution in [0.2, 0.25) is 0 Å². The molecule has 6 heteroatoms. The Kier molecular flexibility index (Phi) is 3.99. The van der Waals surface area contributed by atoms with Crippen LogP contribution in [-0.4, -0.2) is 51.9 Å². The summed E-state index contributed by atoms with van der Waals surface area (Å²) in [6, 6.07) is 4.88. The minimum Gasteiger partial charge on any atom is -0.374 e. The van der Waals surface area contributed by atoms with Gasteiger partial charge >= 0.3 is 0 Å². The van der Waals surface area contributed by atoms with E-state index < -0.39 is 15.7 Å². The molecular weight excluding hydrogens is 257 g/mol. The number of nitrogens with zero attached hydrogens (tertiary/aromatic N) is 1. The quantitative estimate of drug-likeness (QED) is 0.769. The van der Waals surface area contributed by atoms with Crippen LogP contribution < -0.4 is 0 Å². The molecule has 1 aromatic rings. The Labute approximate surface area is 106 Å². The van der Waals surface area contributed by atoms with Crippen LogP contribution in [0.4, 0.5) is 4.39 Å². The van der Waals surface area contributed by atoms with Crippen molar-refractivity contribution in [1.29, 1.82) is 0 Å². The smallest absolute Gasteiger partial charge is 0.180 e. The normalized spacial score (nSPS) is 22.0. The number of morpholine rings is 1. The van der Waals surface area contributed by atoms with Crippen molar-refractivity contribution in [2.24, 2.45) is 0 Å². The van der Waals surface area contributed by atoms with Gasteiger partial charge in [-0.3, -0.25) is 0 Å². The fourth-order valence-corrected chi connectivity index (χ4v) is 3.38. The zero-order valence-corrected chi connectivity index (χ0v) is 11.0. The first-order chi connectivity index (χ1) is 8.47. The molecule has 0 bridgehead atoms. The summed E-state index contributed by atoms with van der Waals surface area (Å²) < 4.78 is 42.4. The van der Waals surface area contributed by atoms with Gasteiger partial charge in [0.15, 0.2) is 9.84 Å². The van der Waals surface area contributed by atoms with Crippen molar-refractivity contribution in [3.8, 4) is 0 Å². The summed E-state index contributed by atoms with van der Waals surface area (Å²) in [5.41, 5.74) is 0. The minimum atomic E-state index is -3.42. The third kappa shape index (κ3) is 3.28. The highest BCUT2D eigenvalue weighted by Crippen LogP contribution is 2.15. The SMILES string of the molecule is CN1CCOC(CS(=O)(=O)c2ccc(F)cc2)C1. The highest BCUT2D eigenvalue weighted by atomic mass is 32.2. The molecule has 0 saturated carbocycles. The molecule has 0 radical (unpaired) electrons.